The SMILES string of the molecule is [K+].[NH-]C(=O)N1C(=O)c2ccccc2C1=O. The number of urea groups is 1. The Morgan fingerprint density at radius 2 is 1.47 bits per heavy atom. The Balaban J connectivity index is 0.00000112. The van der Waals surface area contributed by atoms with Gasteiger partial charge in [-0.15, -0.1) is 0 Å². The van der Waals surface area contributed by atoms with Crippen LogP contribution in [0.3, 0.4) is 0 Å². The van der Waals surface area contributed by atoms with Crippen molar-refractivity contribution in [2.75, 3.05) is 0 Å². The van der Waals surface area contributed by atoms with Gasteiger partial charge in [0.05, 0.1) is 0 Å². The fraction of sp³-hybridized carbons (Fsp3) is 0. The summed E-state index contributed by atoms with van der Waals surface area (Å²) in [6.07, 6.45) is 0. The average molecular weight is 228 g/mol. The summed E-state index contributed by atoms with van der Waals surface area (Å²) in [5.74, 6) is -1.43. The van der Waals surface area contributed by atoms with Gasteiger partial charge in [0.2, 0.25) is 0 Å². The molecule has 0 aromatic heterocycles. The van der Waals surface area contributed by atoms with Gasteiger partial charge in [-0.05, 0) is 0 Å². The molecule has 0 aliphatic carbocycles. The van der Waals surface area contributed by atoms with Crippen molar-refractivity contribution in [3.05, 3.63) is 41.1 Å². The molecule has 1 heterocycles. The van der Waals surface area contributed by atoms with Crippen LogP contribution >= 0.6 is 0 Å². The number of carbonyl (C=O) groups excluding carboxylic acids is 3. The van der Waals surface area contributed by atoms with Gasteiger partial charge in [0.15, 0.2) is 17.8 Å². The van der Waals surface area contributed by atoms with E-state index in [1.54, 1.807) is 12.1 Å². The number of rotatable bonds is 0. The Labute approximate surface area is 128 Å². The molecule has 1 aromatic rings. The van der Waals surface area contributed by atoms with Crippen LogP contribution in [0.4, 0.5) is 4.79 Å². The zero-order valence-corrected chi connectivity index (χ0v) is 11.1. The number of carbonyl (C=O) groups is 3. The van der Waals surface area contributed by atoms with Gasteiger partial charge in [-0.2, -0.15) is 0 Å². The van der Waals surface area contributed by atoms with Gasteiger partial charge in [0.1, 0.15) is 0 Å². The predicted molar refractivity (Wildman–Crippen MR) is 46.7 cm³/mol. The van der Waals surface area contributed by atoms with Crippen LogP contribution in [-0.2, 0) is 0 Å². The third kappa shape index (κ3) is 1.91. The van der Waals surface area contributed by atoms with Crippen molar-refractivity contribution >= 4 is 17.8 Å². The standard InChI is InChI=1S/C9H6N2O3.K/c10-9(14)11-7(12)5-3-1-2-4-6(5)8(11)13;/h1-4H,(H2,10,14);/q;+1/p-1. The van der Waals surface area contributed by atoms with E-state index in [1.165, 1.54) is 12.1 Å². The summed E-state index contributed by atoms with van der Waals surface area (Å²) in [6.45, 7) is 0. The Kier molecular flexibility index (Phi) is 3.80. The summed E-state index contributed by atoms with van der Waals surface area (Å²) in [7, 11) is 0. The molecule has 0 fully saturated rings. The predicted octanol–water partition coefficient (Wildman–Crippen LogP) is -1.54. The van der Waals surface area contributed by atoms with E-state index in [2.05, 4.69) is 0 Å². The Morgan fingerprint density at radius 1 is 1.07 bits per heavy atom. The molecular weight excluding hydrogens is 223 g/mol. The molecule has 0 unspecified atom stereocenters. The van der Waals surface area contributed by atoms with E-state index in [1.807, 2.05) is 0 Å². The minimum atomic E-state index is -1.30. The van der Waals surface area contributed by atoms with Gasteiger partial charge in [0, 0.05) is 11.1 Å². The Hall–Kier alpha value is -0.534. The van der Waals surface area contributed by atoms with Crippen molar-refractivity contribution in [1.82, 2.24) is 4.90 Å². The number of hydrogen-bond donors (Lipinski definition) is 0. The summed E-state index contributed by atoms with van der Waals surface area (Å²) in [6, 6.07) is 4.82. The number of nitrogens with zero attached hydrogens (tertiary/aromatic N) is 1. The molecule has 0 atom stereocenters. The maximum absolute atomic E-state index is 11.4. The van der Waals surface area contributed by atoms with Gasteiger partial charge in [0.25, 0.3) is 0 Å². The first kappa shape index (κ1) is 12.5. The quantitative estimate of drug-likeness (QED) is 0.399. The molecule has 6 heteroatoms. The number of hydrogen-bond acceptors (Lipinski definition) is 3. The summed E-state index contributed by atoms with van der Waals surface area (Å²) in [5.41, 5.74) is 7.11. The molecule has 0 saturated heterocycles. The van der Waals surface area contributed by atoms with Crippen molar-refractivity contribution in [3.63, 3.8) is 0 Å². The number of fused-ring (bicyclic) bond motifs is 1. The molecule has 2 rings (SSSR count). The zero-order chi connectivity index (χ0) is 10.3. The van der Waals surface area contributed by atoms with Crippen LogP contribution in [0.25, 0.3) is 5.73 Å². The van der Waals surface area contributed by atoms with E-state index in [9.17, 15) is 14.4 Å². The smallest absolute Gasteiger partial charge is 0.446 e. The molecular formula is C9H5KN2O3. The molecule has 0 radical (unpaired) electrons. The molecule has 0 saturated carbocycles. The van der Waals surface area contributed by atoms with Crippen molar-refractivity contribution in [3.8, 4) is 0 Å². The van der Waals surface area contributed by atoms with Crippen LogP contribution in [0, 0.1) is 0 Å². The van der Waals surface area contributed by atoms with Crippen LogP contribution in [0.1, 0.15) is 20.7 Å². The first-order valence-electron chi connectivity index (χ1n) is 3.86. The first-order chi connectivity index (χ1) is 6.63. The Morgan fingerprint density at radius 3 is 1.80 bits per heavy atom. The third-order valence-electron chi connectivity index (χ3n) is 2.00. The second kappa shape index (κ2) is 4.54. The van der Waals surface area contributed by atoms with E-state index < -0.39 is 17.8 Å². The van der Waals surface area contributed by atoms with Crippen LogP contribution in [-0.4, -0.2) is 22.7 Å². The van der Waals surface area contributed by atoms with Crippen molar-refractivity contribution in [2.45, 2.75) is 0 Å². The molecule has 70 valence electrons. The fourth-order valence-electron chi connectivity index (χ4n) is 1.37. The Bertz CT molecular complexity index is 423. The first-order valence-corrected chi connectivity index (χ1v) is 3.86. The van der Waals surface area contributed by atoms with Crippen molar-refractivity contribution in [1.29, 1.82) is 0 Å². The fourth-order valence-corrected chi connectivity index (χ4v) is 1.37. The van der Waals surface area contributed by atoms with Gasteiger partial charge >= 0.3 is 51.4 Å². The van der Waals surface area contributed by atoms with Gasteiger partial charge < -0.3 is 10.6 Å². The number of amides is 4. The van der Waals surface area contributed by atoms with E-state index in [0.29, 0.717) is 4.90 Å². The molecule has 1 aromatic carbocycles. The van der Waals surface area contributed by atoms with Crippen LogP contribution in [0.2, 0.25) is 0 Å². The van der Waals surface area contributed by atoms with Crippen LogP contribution in [0.5, 0.6) is 0 Å². The monoisotopic (exact) mass is 228 g/mol. The molecule has 0 bridgehead atoms. The molecule has 4 amide bonds. The summed E-state index contributed by atoms with van der Waals surface area (Å²) < 4.78 is 0. The van der Waals surface area contributed by atoms with Crippen LogP contribution in [0.15, 0.2) is 24.3 Å². The molecule has 1 aliphatic rings. The third-order valence-corrected chi connectivity index (χ3v) is 2.00. The summed E-state index contributed by atoms with van der Waals surface area (Å²) >= 11 is 0. The topological polar surface area (TPSA) is 78.2 Å². The second-order valence-corrected chi connectivity index (χ2v) is 2.80. The summed E-state index contributed by atoms with van der Waals surface area (Å²) in [5, 5.41) is 0. The largest absolute Gasteiger partial charge is 1.00 e. The molecule has 1 N–H and O–H groups in total. The van der Waals surface area contributed by atoms with E-state index >= 15 is 0 Å². The summed E-state index contributed by atoms with van der Waals surface area (Å²) in [4.78, 5) is 33.8. The normalized spacial score (nSPS) is 13.5. The molecule has 0 spiro atoms. The zero-order valence-electron chi connectivity index (χ0n) is 7.98. The second-order valence-electron chi connectivity index (χ2n) is 2.80. The van der Waals surface area contributed by atoms with Crippen LogP contribution < -0.4 is 51.4 Å². The van der Waals surface area contributed by atoms with Gasteiger partial charge in [-0.25, -0.2) is 0 Å². The van der Waals surface area contributed by atoms with E-state index in [4.69, 9.17) is 5.73 Å². The van der Waals surface area contributed by atoms with E-state index in [0.717, 1.165) is 0 Å². The van der Waals surface area contributed by atoms with Crippen molar-refractivity contribution in [2.24, 2.45) is 0 Å². The number of imide groups is 3. The minimum absolute atomic E-state index is 0. The minimum Gasteiger partial charge on any atom is -0.446 e. The van der Waals surface area contributed by atoms with Gasteiger partial charge in [-0.1, -0.05) is 24.3 Å². The number of benzene rings is 1. The van der Waals surface area contributed by atoms with E-state index in [-0.39, 0.29) is 62.5 Å². The van der Waals surface area contributed by atoms with Crippen molar-refractivity contribution < 1.29 is 65.8 Å². The molecule has 15 heavy (non-hydrogen) atoms. The average Bonchev–Trinajstić information content (AvgIpc) is 2.41. The molecule has 5 nitrogen and oxygen atoms in total. The maximum atomic E-state index is 11.4. The number of nitrogens with one attached hydrogen (secondary N) is 1. The maximum Gasteiger partial charge on any atom is 1.00 e. The van der Waals surface area contributed by atoms with Gasteiger partial charge in [-0.3, -0.25) is 14.4 Å². The molecule has 1 aliphatic heterocycles.